The molecule has 1 fully saturated rings. The van der Waals surface area contributed by atoms with Gasteiger partial charge in [0.25, 0.3) is 0 Å². The van der Waals surface area contributed by atoms with Gasteiger partial charge in [-0.2, -0.15) is 0 Å². The molecular formula is C9H8O2. The van der Waals surface area contributed by atoms with Crippen molar-refractivity contribution in [2.45, 2.75) is 6.10 Å². The molecule has 1 heterocycles. The molecule has 0 aliphatic carbocycles. The topological polar surface area (TPSA) is 29.6 Å². The second-order valence-electron chi connectivity index (χ2n) is 2.42. The smallest absolute Gasteiger partial charge is 0.193 e. The zero-order chi connectivity index (χ0) is 8.55. The Hall–Kier alpha value is -1.15. The average molecular weight is 149 g/mol. The van der Waals surface area contributed by atoms with Crippen LogP contribution in [0.4, 0.5) is 0 Å². The number of Topliss-reactive ketones (excluding diaryl/α,β-unsaturated/α-hetero) is 1. The maximum atomic E-state index is 11.4. The van der Waals surface area contributed by atoms with Gasteiger partial charge in [-0.15, -0.1) is 0 Å². The summed E-state index contributed by atoms with van der Waals surface area (Å²) in [6.07, 6.45) is -0.521. The lowest BCUT2D eigenvalue weighted by Crippen LogP contribution is -2.06. The van der Waals surface area contributed by atoms with E-state index < -0.39 is 12.7 Å². The van der Waals surface area contributed by atoms with Crippen LogP contribution in [0.2, 0.25) is 0 Å². The Balaban J connectivity index is 2.16. The van der Waals surface area contributed by atoms with E-state index in [1.807, 2.05) is 6.07 Å². The fourth-order valence-electron chi connectivity index (χ4n) is 0.930. The molecule has 1 saturated heterocycles. The Labute approximate surface area is 66.2 Å². The molecule has 0 amide bonds. The summed E-state index contributed by atoms with van der Waals surface area (Å²) in [5, 5.41) is 0. The number of ketones is 1. The standard InChI is InChI=1S/C9H8O2/c10-9(8-6-11-8)7-4-2-1-3-5-7/h1-5,8H,6H2/t8-/m1/s1/i6D/t6-,8-. The molecule has 11 heavy (non-hydrogen) atoms. The van der Waals surface area contributed by atoms with Gasteiger partial charge in [0.2, 0.25) is 0 Å². The minimum atomic E-state index is -0.641. The number of hydrogen-bond donors (Lipinski definition) is 0. The number of epoxide rings is 1. The van der Waals surface area contributed by atoms with E-state index in [9.17, 15) is 4.79 Å². The highest BCUT2D eigenvalue weighted by Crippen LogP contribution is 2.15. The van der Waals surface area contributed by atoms with E-state index in [0.717, 1.165) is 0 Å². The largest absolute Gasteiger partial charge is 0.364 e. The molecule has 0 N–H and O–H groups in total. The zero-order valence-electron chi connectivity index (χ0n) is 6.86. The third-order valence-corrected chi connectivity index (χ3v) is 1.59. The summed E-state index contributed by atoms with van der Waals surface area (Å²) in [4.78, 5) is 11.4. The van der Waals surface area contributed by atoms with Crippen LogP contribution in [0.15, 0.2) is 30.3 Å². The molecular weight excluding hydrogens is 140 g/mol. The Morgan fingerprint density at radius 2 is 2.18 bits per heavy atom. The van der Waals surface area contributed by atoms with Crippen LogP contribution in [-0.2, 0) is 4.74 Å². The highest BCUT2D eigenvalue weighted by molar-refractivity contribution is 6.00. The molecule has 0 spiro atoms. The van der Waals surface area contributed by atoms with Crippen LogP contribution in [0.25, 0.3) is 0 Å². The first-order valence-electron chi connectivity index (χ1n) is 4.04. The van der Waals surface area contributed by atoms with Gasteiger partial charge < -0.3 is 4.74 Å². The molecule has 2 atom stereocenters. The van der Waals surface area contributed by atoms with Crippen LogP contribution in [0.1, 0.15) is 11.7 Å². The van der Waals surface area contributed by atoms with Crippen molar-refractivity contribution < 1.29 is 10.9 Å². The van der Waals surface area contributed by atoms with Crippen molar-refractivity contribution in [3.05, 3.63) is 35.9 Å². The van der Waals surface area contributed by atoms with Crippen molar-refractivity contribution in [3.8, 4) is 0 Å². The van der Waals surface area contributed by atoms with Gasteiger partial charge in [-0.3, -0.25) is 4.79 Å². The third-order valence-electron chi connectivity index (χ3n) is 1.59. The monoisotopic (exact) mass is 149 g/mol. The minimum Gasteiger partial charge on any atom is -0.364 e. The number of ether oxygens (including phenoxy) is 1. The van der Waals surface area contributed by atoms with Crippen molar-refractivity contribution in [3.63, 3.8) is 0 Å². The lowest BCUT2D eigenvalue weighted by molar-refractivity contribution is 0.0953. The van der Waals surface area contributed by atoms with Gasteiger partial charge in [-0.05, 0) is 0 Å². The van der Waals surface area contributed by atoms with Gasteiger partial charge in [-0.1, -0.05) is 30.3 Å². The molecule has 1 aromatic rings. The van der Waals surface area contributed by atoms with Gasteiger partial charge in [0.15, 0.2) is 5.78 Å². The molecule has 2 rings (SSSR count). The summed E-state index contributed by atoms with van der Waals surface area (Å²) in [6.45, 7) is -0.641. The number of benzene rings is 1. The summed E-state index contributed by atoms with van der Waals surface area (Å²) in [5.41, 5.74) is 0.622. The van der Waals surface area contributed by atoms with E-state index in [4.69, 9.17) is 6.11 Å². The molecule has 0 saturated carbocycles. The van der Waals surface area contributed by atoms with Crippen molar-refractivity contribution in [1.29, 1.82) is 0 Å². The maximum Gasteiger partial charge on any atom is 0.193 e. The summed E-state index contributed by atoms with van der Waals surface area (Å²) in [6, 6.07) is 8.92. The number of carbonyl (C=O) groups excluding carboxylic acids is 1. The predicted molar refractivity (Wildman–Crippen MR) is 40.5 cm³/mol. The SMILES string of the molecule is [2H][C@H]1O[C@H]1C(=O)c1ccccc1. The van der Waals surface area contributed by atoms with Gasteiger partial charge in [0.05, 0.1) is 7.95 Å². The Bertz CT molecular complexity index is 297. The minimum absolute atomic E-state index is 0.0874. The van der Waals surface area contributed by atoms with Crippen LogP contribution in [0, 0.1) is 0 Å². The van der Waals surface area contributed by atoms with Gasteiger partial charge in [0, 0.05) is 5.56 Å². The van der Waals surface area contributed by atoms with Crippen LogP contribution in [0.5, 0.6) is 0 Å². The number of hydrogen-bond acceptors (Lipinski definition) is 2. The quantitative estimate of drug-likeness (QED) is 0.468. The fourth-order valence-corrected chi connectivity index (χ4v) is 0.930. The predicted octanol–water partition coefficient (Wildman–Crippen LogP) is 1.27. The van der Waals surface area contributed by atoms with Crippen LogP contribution in [-0.4, -0.2) is 18.5 Å². The Kier molecular flexibility index (Phi) is 1.24. The molecule has 0 bridgehead atoms. The molecule has 1 aliphatic heterocycles. The lowest BCUT2D eigenvalue weighted by Gasteiger charge is -1.93. The van der Waals surface area contributed by atoms with E-state index in [2.05, 4.69) is 0 Å². The number of carbonyl (C=O) groups is 1. The molecule has 0 unspecified atom stereocenters. The van der Waals surface area contributed by atoms with E-state index in [1.165, 1.54) is 0 Å². The van der Waals surface area contributed by atoms with Gasteiger partial charge >= 0.3 is 0 Å². The van der Waals surface area contributed by atoms with Crippen LogP contribution < -0.4 is 0 Å². The molecule has 2 heteroatoms. The normalized spacial score (nSPS) is 29.3. The first kappa shape index (κ1) is 5.49. The van der Waals surface area contributed by atoms with E-state index in [0.29, 0.717) is 5.56 Å². The summed E-state index contributed by atoms with van der Waals surface area (Å²) >= 11 is 0. The van der Waals surface area contributed by atoms with Gasteiger partial charge in [-0.25, -0.2) is 0 Å². The first-order chi connectivity index (χ1) is 5.79. The molecule has 0 aromatic heterocycles. The van der Waals surface area contributed by atoms with Crippen molar-refractivity contribution >= 4 is 5.78 Å². The molecule has 1 aliphatic rings. The van der Waals surface area contributed by atoms with E-state index in [1.54, 1.807) is 24.3 Å². The summed E-state index contributed by atoms with van der Waals surface area (Å²) in [7, 11) is 0. The highest BCUT2D eigenvalue weighted by atomic mass is 16.6. The zero-order valence-corrected chi connectivity index (χ0v) is 5.86. The second kappa shape index (κ2) is 2.47. The van der Waals surface area contributed by atoms with Crippen molar-refractivity contribution in [2.24, 2.45) is 0 Å². The highest BCUT2D eigenvalue weighted by Gasteiger charge is 2.31. The average Bonchev–Trinajstić information content (AvgIpc) is 2.83. The molecule has 1 aromatic carbocycles. The second-order valence-corrected chi connectivity index (χ2v) is 2.42. The number of rotatable bonds is 2. The Morgan fingerprint density at radius 1 is 1.55 bits per heavy atom. The van der Waals surface area contributed by atoms with Crippen molar-refractivity contribution in [2.75, 3.05) is 6.58 Å². The summed E-state index contributed by atoms with van der Waals surface area (Å²) < 4.78 is 11.8. The third kappa shape index (κ3) is 1.30. The van der Waals surface area contributed by atoms with E-state index >= 15 is 0 Å². The Morgan fingerprint density at radius 3 is 2.73 bits per heavy atom. The summed E-state index contributed by atoms with van der Waals surface area (Å²) in [5.74, 6) is -0.0874. The van der Waals surface area contributed by atoms with Crippen LogP contribution >= 0.6 is 0 Å². The maximum absolute atomic E-state index is 11.4. The molecule has 0 radical (unpaired) electrons. The van der Waals surface area contributed by atoms with Gasteiger partial charge in [0.1, 0.15) is 6.10 Å². The first-order valence-corrected chi connectivity index (χ1v) is 3.46. The fraction of sp³-hybridized carbons (Fsp3) is 0.222. The molecule has 2 nitrogen and oxygen atoms in total. The lowest BCUT2D eigenvalue weighted by atomic mass is 10.1. The molecule has 56 valence electrons. The van der Waals surface area contributed by atoms with Crippen molar-refractivity contribution in [1.82, 2.24) is 0 Å². The van der Waals surface area contributed by atoms with Crippen LogP contribution in [0.3, 0.4) is 0 Å². The van der Waals surface area contributed by atoms with E-state index in [-0.39, 0.29) is 5.78 Å².